The molecule has 0 radical (unpaired) electrons. The number of benzene rings is 1. The van der Waals surface area contributed by atoms with Gasteiger partial charge in [-0.3, -0.25) is 4.79 Å². The van der Waals surface area contributed by atoms with Crippen LogP contribution in [0.5, 0.6) is 0 Å². The first-order chi connectivity index (χ1) is 15.5. The summed E-state index contributed by atoms with van der Waals surface area (Å²) in [5.41, 5.74) is 5.22. The minimum absolute atomic E-state index is 0.0219. The summed E-state index contributed by atoms with van der Waals surface area (Å²) in [5.74, 6) is 0.515. The highest BCUT2D eigenvalue weighted by Gasteiger charge is 2.30. The standard InChI is InChI=1S/C26H33N5O/c1-17-8-10-22(11-9-17)31-25-24(19(3)29-31)23(14-18(2)28-25)26(32)27-15-20-12-13-30(16-20)21-6-4-5-7-21/h8-11,14,20-21H,4-7,12-13,15-16H2,1-3H3,(H,27,32). The van der Waals surface area contributed by atoms with E-state index in [1.165, 1.54) is 44.2 Å². The smallest absolute Gasteiger partial charge is 0.252 e. The van der Waals surface area contributed by atoms with Crippen molar-refractivity contribution < 1.29 is 4.79 Å². The maximum absolute atomic E-state index is 13.3. The zero-order valence-corrected chi connectivity index (χ0v) is 19.4. The van der Waals surface area contributed by atoms with E-state index < -0.39 is 0 Å². The summed E-state index contributed by atoms with van der Waals surface area (Å²) < 4.78 is 1.85. The van der Waals surface area contributed by atoms with E-state index in [-0.39, 0.29) is 5.91 Å². The predicted molar refractivity (Wildman–Crippen MR) is 127 cm³/mol. The molecular weight excluding hydrogens is 398 g/mol. The van der Waals surface area contributed by atoms with Crippen molar-refractivity contribution >= 4 is 16.9 Å². The van der Waals surface area contributed by atoms with Crippen LogP contribution in [0.1, 0.15) is 59.4 Å². The molecule has 1 atom stereocenters. The third-order valence-electron chi connectivity index (χ3n) is 7.17. The van der Waals surface area contributed by atoms with Gasteiger partial charge >= 0.3 is 0 Å². The number of hydrogen-bond donors (Lipinski definition) is 1. The van der Waals surface area contributed by atoms with Crippen molar-refractivity contribution in [3.63, 3.8) is 0 Å². The molecule has 6 heteroatoms. The number of hydrogen-bond acceptors (Lipinski definition) is 4. The Labute approximate surface area is 190 Å². The summed E-state index contributed by atoms with van der Waals surface area (Å²) in [4.78, 5) is 20.6. The van der Waals surface area contributed by atoms with Crippen molar-refractivity contribution in [3.8, 4) is 5.69 Å². The van der Waals surface area contributed by atoms with Gasteiger partial charge in [0, 0.05) is 24.8 Å². The lowest BCUT2D eigenvalue weighted by Gasteiger charge is -2.23. The average molecular weight is 432 g/mol. The second-order valence-electron chi connectivity index (χ2n) is 9.64. The van der Waals surface area contributed by atoms with Gasteiger partial charge in [0.2, 0.25) is 0 Å². The number of nitrogens with zero attached hydrogens (tertiary/aromatic N) is 4. The number of carbonyl (C=O) groups excluding carboxylic acids is 1. The molecule has 3 aromatic rings. The molecule has 0 spiro atoms. The van der Waals surface area contributed by atoms with E-state index in [0.717, 1.165) is 47.2 Å². The number of nitrogens with one attached hydrogen (secondary N) is 1. The molecule has 6 nitrogen and oxygen atoms in total. The lowest BCUT2D eigenvalue weighted by Crippen LogP contribution is -2.34. The summed E-state index contributed by atoms with van der Waals surface area (Å²) in [6.07, 6.45) is 6.60. The first kappa shape index (κ1) is 21.1. The number of carbonyl (C=O) groups is 1. The zero-order chi connectivity index (χ0) is 22.2. The van der Waals surface area contributed by atoms with Crippen molar-refractivity contribution in [2.75, 3.05) is 19.6 Å². The first-order valence-corrected chi connectivity index (χ1v) is 12.0. The maximum atomic E-state index is 13.3. The molecule has 1 unspecified atom stereocenters. The van der Waals surface area contributed by atoms with E-state index in [2.05, 4.69) is 29.3 Å². The number of likely N-dealkylation sites (tertiary alicyclic amines) is 1. The van der Waals surface area contributed by atoms with E-state index in [1.807, 2.05) is 36.7 Å². The number of aromatic nitrogens is 3. The van der Waals surface area contributed by atoms with Gasteiger partial charge in [-0.25, -0.2) is 9.67 Å². The summed E-state index contributed by atoms with van der Waals surface area (Å²) >= 11 is 0. The number of fused-ring (bicyclic) bond motifs is 1. The molecule has 1 N–H and O–H groups in total. The molecule has 1 saturated heterocycles. The Morgan fingerprint density at radius 3 is 2.59 bits per heavy atom. The van der Waals surface area contributed by atoms with Crippen LogP contribution in [-0.4, -0.2) is 51.2 Å². The van der Waals surface area contributed by atoms with Crippen LogP contribution in [0.3, 0.4) is 0 Å². The molecule has 0 bridgehead atoms. The van der Waals surface area contributed by atoms with Crippen LogP contribution in [-0.2, 0) is 0 Å². The normalized spacial score (nSPS) is 19.8. The van der Waals surface area contributed by atoms with E-state index in [9.17, 15) is 4.79 Å². The van der Waals surface area contributed by atoms with Crippen LogP contribution in [0.4, 0.5) is 0 Å². The number of amides is 1. The van der Waals surface area contributed by atoms with Gasteiger partial charge in [-0.15, -0.1) is 0 Å². The van der Waals surface area contributed by atoms with Crippen molar-refractivity contribution in [2.45, 2.75) is 58.9 Å². The third kappa shape index (κ3) is 4.04. The molecular formula is C26H33N5O. The number of aryl methyl sites for hydroxylation is 3. The first-order valence-electron chi connectivity index (χ1n) is 12.0. The highest BCUT2D eigenvalue weighted by molar-refractivity contribution is 6.06. The van der Waals surface area contributed by atoms with Gasteiger partial charge in [-0.2, -0.15) is 5.10 Å². The predicted octanol–water partition coefficient (Wildman–Crippen LogP) is 4.34. The molecule has 1 amide bonds. The third-order valence-corrected chi connectivity index (χ3v) is 7.17. The second kappa shape index (κ2) is 8.66. The molecule has 2 aliphatic rings. The quantitative estimate of drug-likeness (QED) is 0.653. The van der Waals surface area contributed by atoms with E-state index in [1.54, 1.807) is 0 Å². The Kier molecular flexibility index (Phi) is 5.72. The molecule has 1 saturated carbocycles. The fourth-order valence-electron chi connectivity index (χ4n) is 5.42. The van der Waals surface area contributed by atoms with Crippen LogP contribution in [0.25, 0.3) is 16.7 Å². The summed E-state index contributed by atoms with van der Waals surface area (Å²) in [7, 11) is 0. The topological polar surface area (TPSA) is 63.1 Å². The van der Waals surface area contributed by atoms with E-state index in [0.29, 0.717) is 11.5 Å². The van der Waals surface area contributed by atoms with Crippen molar-refractivity contribution in [3.05, 3.63) is 52.8 Å². The lowest BCUT2D eigenvalue weighted by atomic mass is 10.1. The molecule has 1 aliphatic carbocycles. The largest absolute Gasteiger partial charge is 0.352 e. The van der Waals surface area contributed by atoms with Crippen molar-refractivity contribution in [1.29, 1.82) is 0 Å². The Morgan fingerprint density at radius 1 is 1.09 bits per heavy atom. The van der Waals surface area contributed by atoms with Crippen molar-refractivity contribution in [1.82, 2.24) is 25.0 Å². The van der Waals surface area contributed by atoms with Gasteiger partial charge in [0.1, 0.15) is 0 Å². The number of pyridine rings is 1. The molecule has 2 aromatic heterocycles. The van der Waals surface area contributed by atoms with Crippen LogP contribution in [0.2, 0.25) is 0 Å². The maximum Gasteiger partial charge on any atom is 0.252 e. The Hall–Kier alpha value is -2.73. The fraction of sp³-hybridized carbons (Fsp3) is 0.500. The molecule has 2 fully saturated rings. The Bertz CT molecular complexity index is 1130. The second-order valence-corrected chi connectivity index (χ2v) is 9.64. The SMILES string of the molecule is Cc1ccc(-n2nc(C)c3c(C(=O)NCC4CCN(C5CCCC5)C4)cc(C)nc32)cc1. The highest BCUT2D eigenvalue weighted by Crippen LogP contribution is 2.29. The van der Waals surface area contributed by atoms with Gasteiger partial charge in [-0.1, -0.05) is 30.5 Å². The molecule has 1 aromatic carbocycles. The summed E-state index contributed by atoms with van der Waals surface area (Å²) in [6, 6.07) is 10.9. The van der Waals surface area contributed by atoms with Crippen LogP contribution in [0, 0.1) is 26.7 Å². The molecule has 1 aliphatic heterocycles. The Balaban J connectivity index is 1.35. The molecule has 3 heterocycles. The number of rotatable bonds is 5. The molecule has 5 rings (SSSR count). The van der Waals surface area contributed by atoms with Gasteiger partial charge in [-0.05, 0) is 70.7 Å². The van der Waals surface area contributed by atoms with Gasteiger partial charge in [0.25, 0.3) is 5.91 Å². The van der Waals surface area contributed by atoms with Crippen molar-refractivity contribution in [2.24, 2.45) is 5.92 Å². The summed E-state index contributed by atoms with van der Waals surface area (Å²) in [5, 5.41) is 8.80. The minimum atomic E-state index is -0.0219. The molecule has 168 valence electrons. The highest BCUT2D eigenvalue weighted by atomic mass is 16.1. The van der Waals surface area contributed by atoms with Crippen LogP contribution >= 0.6 is 0 Å². The zero-order valence-electron chi connectivity index (χ0n) is 19.4. The van der Waals surface area contributed by atoms with E-state index >= 15 is 0 Å². The monoisotopic (exact) mass is 431 g/mol. The van der Waals surface area contributed by atoms with Crippen LogP contribution in [0.15, 0.2) is 30.3 Å². The van der Waals surface area contributed by atoms with Gasteiger partial charge < -0.3 is 10.2 Å². The summed E-state index contributed by atoms with van der Waals surface area (Å²) in [6.45, 7) is 8.98. The average Bonchev–Trinajstić information content (AvgIpc) is 3.52. The minimum Gasteiger partial charge on any atom is -0.352 e. The van der Waals surface area contributed by atoms with Gasteiger partial charge in [0.05, 0.1) is 22.3 Å². The Morgan fingerprint density at radius 2 is 1.84 bits per heavy atom. The fourth-order valence-corrected chi connectivity index (χ4v) is 5.42. The molecule has 32 heavy (non-hydrogen) atoms. The lowest BCUT2D eigenvalue weighted by molar-refractivity contribution is 0.0948. The van der Waals surface area contributed by atoms with Crippen LogP contribution < -0.4 is 5.32 Å². The van der Waals surface area contributed by atoms with Gasteiger partial charge in [0.15, 0.2) is 5.65 Å². The van der Waals surface area contributed by atoms with E-state index in [4.69, 9.17) is 10.1 Å².